The Labute approximate surface area is 114 Å². The number of carboxylic acids is 1. The van der Waals surface area contributed by atoms with E-state index >= 15 is 0 Å². The summed E-state index contributed by atoms with van der Waals surface area (Å²) >= 11 is 0. The average Bonchev–Trinajstić information content (AvgIpc) is 3.19. The number of piperidine rings is 1. The fourth-order valence-electron chi connectivity index (χ4n) is 2.71. The van der Waals surface area contributed by atoms with Gasteiger partial charge in [0.05, 0.1) is 6.54 Å². The fourth-order valence-corrected chi connectivity index (χ4v) is 2.71. The van der Waals surface area contributed by atoms with Gasteiger partial charge in [0.1, 0.15) is 0 Å². The number of hydrogen-bond donors (Lipinski definition) is 2. The van der Waals surface area contributed by atoms with Gasteiger partial charge in [-0.25, -0.2) is 0 Å². The number of nitrogens with one attached hydrogen (secondary N) is 1. The van der Waals surface area contributed by atoms with Crippen LogP contribution < -0.4 is 5.32 Å². The minimum atomic E-state index is -0.747. The average molecular weight is 268 g/mol. The summed E-state index contributed by atoms with van der Waals surface area (Å²) in [6, 6.07) is 0.261. The van der Waals surface area contributed by atoms with E-state index < -0.39 is 5.97 Å². The fraction of sp³-hybridized carbons (Fsp3) is 0.857. The monoisotopic (exact) mass is 268 g/mol. The molecule has 5 nitrogen and oxygen atoms in total. The Morgan fingerprint density at radius 1 is 1.21 bits per heavy atom. The van der Waals surface area contributed by atoms with Crippen LogP contribution in [0.4, 0.5) is 0 Å². The molecule has 1 atom stereocenters. The summed E-state index contributed by atoms with van der Waals surface area (Å²) in [5.74, 6) is 0.0472. The van der Waals surface area contributed by atoms with Crippen LogP contribution in [0, 0.1) is 5.92 Å². The van der Waals surface area contributed by atoms with Gasteiger partial charge in [0, 0.05) is 19.0 Å². The number of carbonyl (C=O) groups is 2. The predicted octanol–water partition coefficient (Wildman–Crippen LogP) is 1.23. The van der Waals surface area contributed by atoms with Gasteiger partial charge in [-0.3, -0.25) is 14.5 Å². The Balaban J connectivity index is 1.73. The third-order valence-corrected chi connectivity index (χ3v) is 4.07. The Bertz CT molecular complexity index is 329. The Morgan fingerprint density at radius 3 is 2.68 bits per heavy atom. The van der Waals surface area contributed by atoms with Gasteiger partial charge < -0.3 is 10.4 Å². The third kappa shape index (κ3) is 5.19. The number of amides is 1. The van der Waals surface area contributed by atoms with Gasteiger partial charge in [-0.2, -0.15) is 0 Å². The second-order valence-corrected chi connectivity index (χ2v) is 5.80. The zero-order valence-electron chi connectivity index (χ0n) is 11.4. The maximum Gasteiger partial charge on any atom is 0.303 e. The summed E-state index contributed by atoms with van der Waals surface area (Å²) in [7, 11) is 0. The van der Waals surface area contributed by atoms with E-state index in [2.05, 4.69) is 10.2 Å². The number of nitrogens with zero attached hydrogens (tertiary/aromatic N) is 1. The number of aliphatic carboxylic acids is 1. The Morgan fingerprint density at radius 2 is 2.00 bits per heavy atom. The Kier molecular flexibility index (Phi) is 5.19. The summed E-state index contributed by atoms with van der Waals surface area (Å²) in [5, 5.41) is 11.7. The van der Waals surface area contributed by atoms with Gasteiger partial charge in [-0.05, 0) is 44.6 Å². The van der Waals surface area contributed by atoms with Crippen molar-refractivity contribution in [2.24, 2.45) is 5.92 Å². The van der Waals surface area contributed by atoms with E-state index in [1.807, 2.05) is 0 Å². The molecule has 1 amide bonds. The number of likely N-dealkylation sites (tertiary alicyclic amines) is 1. The van der Waals surface area contributed by atoms with Crippen LogP contribution >= 0.6 is 0 Å². The highest BCUT2D eigenvalue weighted by Gasteiger charge is 2.26. The molecule has 1 saturated carbocycles. The second kappa shape index (κ2) is 6.89. The second-order valence-electron chi connectivity index (χ2n) is 5.80. The van der Waals surface area contributed by atoms with Gasteiger partial charge in [0.25, 0.3) is 0 Å². The Hall–Kier alpha value is -1.10. The van der Waals surface area contributed by atoms with Crippen molar-refractivity contribution in [2.45, 2.75) is 51.0 Å². The van der Waals surface area contributed by atoms with E-state index in [9.17, 15) is 9.59 Å². The molecule has 0 aromatic rings. The van der Waals surface area contributed by atoms with Crippen LogP contribution in [0.3, 0.4) is 0 Å². The maximum atomic E-state index is 11.9. The highest BCUT2D eigenvalue weighted by Crippen LogP contribution is 2.27. The maximum absolute atomic E-state index is 11.9. The van der Waals surface area contributed by atoms with E-state index in [1.165, 1.54) is 12.8 Å². The first-order valence-electron chi connectivity index (χ1n) is 7.37. The van der Waals surface area contributed by atoms with Crippen LogP contribution in [0.2, 0.25) is 0 Å². The molecule has 2 aliphatic rings. The van der Waals surface area contributed by atoms with Crippen molar-refractivity contribution in [3.8, 4) is 0 Å². The van der Waals surface area contributed by atoms with Gasteiger partial charge in [-0.1, -0.05) is 6.42 Å². The highest BCUT2D eigenvalue weighted by atomic mass is 16.4. The van der Waals surface area contributed by atoms with Crippen LogP contribution in [0.5, 0.6) is 0 Å². The number of rotatable bonds is 7. The third-order valence-electron chi connectivity index (χ3n) is 4.07. The van der Waals surface area contributed by atoms with Crippen LogP contribution in [0.1, 0.15) is 44.9 Å². The van der Waals surface area contributed by atoms with Crippen molar-refractivity contribution in [2.75, 3.05) is 19.6 Å². The summed E-state index contributed by atoms with van der Waals surface area (Å²) < 4.78 is 0. The van der Waals surface area contributed by atoms with Crippen molar-refractivity contribution in [1.82, 2.24) is 10.2 Å². The molecule has 1 heterocycles. The molecule has 2 fully saturated rings. The molecule has 1 saturated heterocycles. The van der Waals surface area contributed by atoms with E-state index in [0.29, 0.717) is 18.9 Å². The summed E-state index contributed by atoms with van der Waals surface area (Å²) in [6.07, 6.45) is 6.61. The lowest BCUT2D eigenvalue weighted by Crippen LogP contribution is -2.46. The number of carboxylic acid groups (broad SMARTS) is 1. The lowest BCUT2D eigenvalue weighted by atomic mass is 9.98. The van der Waals surface area contributed by atoms with E-state index in [-0.39, 0.29) is 18.4 Å². The minimum absolute atomic E-state index is 0.0918. The van der Waals surface area contributed by atoms with Gasteiger partial charge in [-0.15, -0.1) is 0 Å². The first-order chi connectivity index (χ1) is 9.15. The first-order valence-corrected chi connectivity index (χ1v) is 7.37. The zero-order valence-corrected chi connectivity index (χ0v) is 11.4. The van der Waals surface area contributed by atoms with Crippen molar-refractivity contribution in [3.63, 3.8) is 0 Å². The summed E-state index contributed by atoms with van der Waals surface area (Å²) in [6.45, 7) is 2.16. The molecule has 0 spiro atoms. The molecule has 19 heavy (non-hydrogen) atoms. The molecular formula is C14H24N2O3. The molecule has 1 unspecified atom stereocenters. The van der Waals surface area contributed by atoms with E-state index in [1.54, 1.807) is 0 Å². The van der Waals surface area contributed by atoms with Crippen LogP contribution in [0.15, 0.2) is 0 Å². The zero-order chi connectivity index (χ0) is 13.7. The lowest BCUT2D eigenvalue weighted by Gasteiger charge is -2.35. The number of hydrogen-bond acceptors (Lipinski definition) is 3. The molecule has 5 heteroatoms. The smallest absolute Gasteiger partial charge is 0.303 e. The van der Waals surface area contributed by atoms with Crippen LogP contribution in [-0.2, 0) is 9.59 Å². The van der Waals surface area contributed by atoms with Crippen molar-refractivity contribution in [3.05, 3.63) is 0 Å². The van der Waals surface area contributed by atoms with Gasteiger partial charge in [0.2, 0.25) is 5.91 Å². The largest absolute Gasteiger partial charge is 0.481 e. The summed E-state index contributed by atoms with van der Waals surface area (Å²) in [4.78, 5) is 24.7. The van der Waals surface area contributed by atoms with Crippen LogP contribution in [-0.4, -0.2) is 47.6 Å². The van der Waals surface area contributed by atoms with Crippen LogP contribution in [0.25, 0.3) is 0 Å². The molecule has 0 aromatic carbocycles. The molecule has 2 N–H and O–H groups in total. The molecule has 108 valence electrons. The molecule has 2 rings (SSSR count). The first kappa shape index (κ1) is 14.3. The molecular weight excluding hydrogens is 244 g/mol. The summed E-state index contributed by atoms with van der Waals surface area (Å²) in [5.41, 5.74) is 0. The van der Waals surface area contributed by atoms with E-state index in [4.69, 9.17) is 5.11 Å². The quantitative estimate of drug-likeness (QED) is 0.728. The molecule has 0 radical (unpaired) electrons. The molecule has 1 aliphatic carbocycles. The minimum Gasteiger partial charge on any atom is -0.481 e. The topological polar surface area (TPSA) is 69.6 Å². The molecule has 1 aliphatic heterocycles. The normalized spacial score (nSPS) is 24.1. The number of carbonyl (C=O) groups excluding carboxylic acids is 1. The SMILES string of the molecule is O=C(O)CCC1CCCCN1CC(=O)NCC1CC1. The van der Waals surface area contributed by atoms with E-state index in [0.717, 1.165) is 32.4 Å². The lowest BCUT2D eigenvalue weighted by molar-refractivity contribution is -0.137. The van der Waals surface area contributed by atoms with Crippen molar-refractivity contribution in [1.29, 1.82) is 0 Å². The predicted molar refractivity (Wildman–Crippen MR) is 71.8 cm³/mol. The van der Waals surface area contributed by atoms with Crippen molar-refractivity contribution < 1.29 is 14.7 Å². The highest BCUT2D eigenvalue weighted by molar-refractivity contribution is 5.78. The van der Waals surface area contributed by atoms with Gasteiger partial charge >= 0.3 is 5.97 Å². The van der Waals surface area contributed by atoms with Crippen molar-refractivity contribution >= 4 is 11.9 Å². The molecule has 0 bridgehead atoms. The standard InChI is InChI=1S/C14H24N2O3/c17-13(15-9-11-4-5-11)10-16-8-2-1-3-12(16)6-7-14(18)19/h11-12H,1-10H2,(H,15,17)(H,18,19). The van der Waals surface area contributed by atoms with Gasteiger partial charge in [0.15, 0.2) is 0 Å². The molecule has 0 aromatic heterocycles.